The van der Waals surface area contributed by atoms with Crippen LogP contribution in [-0.2, 0) is 23.7 Å². The number of carbonyl (C=O) groups excluding carboxylic acids is 1. The van der Waals surface area contributed by atoms with Gasteiger partial charge in [0.05, 0.1) is 23.9 Å². The second-order valence-corrected chi connectivity index (χ2v) is 16.2. The molecule has 0 aromatic rings. The van der Waals surface area contributed by atoms with Crippen molar-refractivity contribution in [3.8, 4) is 0 Å². The van der Waals surface area contributed by atoms with Crippen LogP contribution in [0, 0.1) is 28.6 Å². The maximum atomic E-state index is 17.9. The molecular weight excluding hydrogens is 514 g/mol. The minimum absolute atomic E-state index is 0.00610. The summed E-state index contributed by atoms with van der Waals surface area (Å²) in [5.74, 6) is -1.75. The first-order valence-electron chi connectivity index (χ1n) is 15.6. The molecule has 0 aromatic carbocycles. The van der Waals surface area contributed by atoms with Gasteiger partial charge in [0.2, 0.25) is 0 Å². The van der Waals surface area contributed by atoms with Crippen LogP contribution in [0.4, 0.5) is 8.78 Å². The van der Waals surface area contributed by atoms with Crippen molar-refractivity contribution in [1.29, 1.82) is 0 Å². The van der Waals surface area contributed by atoms with Crippen LogP contribution in [0.3, 0.4) is 0 Å². The summed E-state index contributed by atoms with van der Waals surface area (Å²) < 4.78 is 58.0. The van der Waals surface area contributed by atoms with E-state index in [9.17, 15) is 9.18 Å². The van der Waals surface area contributed by atoms with Crippen molar-refractivity contribution < 1.29 is 32.5 Å². The quantitative estimate of drug-likeness (QED) is 0.356. The van der Waals surface area contributed by atoms with Crippen LogP contribution in [-0.4, -0.2) is 52.6 Å². The van der Waals surface area contributed by atoms with E-state index in [1.165, 1.54) is 0 Å². The third-order valence-electron chi connectivity index (χ3n) is 12.1. The molecule has 4 aliphatic carbocycles. The van der Waals surface area contributed by atoms with Crippen molar-refractivity contribution in [2.75, 3.05) is 0 Å². The highest BCUT2D eigenvalue weighted by atomic mass is 19.1. The molecule has 7 heteroatoms. The number of rotatable bonds is 4. The summed E-state index contributed by atoms with van der Waals surface area (Å²) in [5.41, 5.74) is -4.05. The molecule has 3 saturated carbocycles. The third kappa shape index (κ3) is 4.14. The monoisotopic (exact) mass is 564 g/mol. The Morgan fingerprint density at radius 2 is 1.60 bits per heavy atom. The number of hydrogen-bond donors (Lipinski definition) is 0. The van der Waals surface area contributed by atoms with Crippen LogP contribution in [0.5, 0.6) is 0 Å². The van der Waals surface area contributed by atoms with Gasteiger partial charge in [0, 0.05) is 11.3 Å². The average molecular weight is 565 g/mol. The van der Waals surface area contributed by atoms with Gasteiger partial charge in [0.25, 0.3) is 0 Å². The number of fused-ring (bicyclic) bond motifs is 6. The Labute approximate surface area is 239 Å². The van der Waals surface area contributed by atoms with Gasteiger partial charge in [-0.3, -0.25) is 4.79 Å². The van der Waals surface area contributed by atoms with Gasteiger partial charge in [-0.15, -0.1) is 0 Å². The van der Waals surface area contributed by atoms with E-state index in [4.69, 9.17) is 18.9 Å². The lowest BCUT2D eigenvalue weighted by Gasteiger charge is -2.59. The van der Waals surface area contributed by atoms with E-state index < -0.39 is 33.9 Å². The lowest BCUT2D eigenvalue weighted by atomic mass is 9.46. The zero-order valence-electron chi connectivity index (χ0n) is 26.0. The fourth-order valence-corrected chi connectivity index (χ4v) is 10.4. The van der Waals surface area contributed by atoms with Crippen LogP contribution < -0.4 is 0 Å². The zero-order valence-corrected chi connectivity index (χ0v) is 26.0. The molecule has 5 fully saturated rings. The van der Waals surface area contributed by atoms with Gasteiger partial charge in [0.1, 0.15) is 11.3 Å². The number of alkyl halides is 2. The fourth-order valence-electron chi connectivity index (χ4n) is 10.4. The first kappa shape index (κ1) is 29.2. The number of halogens is 2. The summed E-state index contributed by atoms with van der Waals surface area (Å²) in [7, 11) is 0. The molecule has 2 saturated heterocycles. The van der Waals surface area contributed by atoms with Gasteiger partial charge in [-0.2, -0.15) is 0 Å². The van der Waals surface area contributed by atoms with Crippen molar-refractivity contribution in [1.82, 2.24) is 0 Å². The highest BCUT2D eigenvalue weighted by molar-refractivity contribution is 5.95. The number of carbonyl (C=O) groups is 1. The molecule has 0 aromatic heterocycles. The Balaban J connectivity index is 1.33. The van der Waals surface area contributed by atoms with E-state index in [1.54, 1.807) is 19.9 Å². The zero-order chi connectivity index (χ0) is 29.3. The molecule has 10 atom stereocenters. The maximum Gasteiger partial charge on any atom is 0.164 e. The van der Waals surface area contributed by atoms with Gasteiger partial charge in [-0.25, -0.2) is 8.78 Å². The van der Waals surface area contributed by atoms with E-state index in [0.29, 0.717) is 50.5 Å². The average Bonchev–Trinajstić information content (AvgIpc) is 3.34. The van der Waals surface area contributed by atoms with Crippen molar-refractivity contribution in [3.05, 3.63) is 11.6 Å². The molecule has 0 spiro atoms. The van der Waals surface area contributed by atoms with E-state index in [-0.39, 0.29) is 47.3 Å². The normalized spacial score (nSPS) is 51.1. The van der Waals surface area contributed by atoms with E-state index in [2.05, 4.69) is 20.8 Å². The number of hydrogen-bond acceptors (Lipinski definition) is 5. The Bertz CT molecular complexity index is 1110. The van der Waals surface area contributed by atoms with Crippen LogP contribution >= 0.6 is 0 Å². The summed E-state index contributed by atoms with van der Waals surface area (Å²) in [6.45, 7) is 17.2. The first-order valence-corrected chi connectivity index (χ1v) is 15.6. The molecule has 2 aliphatic heterocycles. The molecule has 0 N–H and O–H groups in total. The van der Waals surface area contributed by atoms with Crippen molar-refractivity contribution in [2.45, 2.75) is 161 Å². The standard InChI is InChI=1S/C33H50F2O5/c1-27(2,34)13-12-26-32(9,40-29(5,6)39-26)25-11-15-33(35)20-16-22(36)21-17-23-24(38-28(3,4)37-23)18-30(21,7)19(20)10-14-31(25,33)8/h16,19,21,23-26H,10-15,17-18H2,1-9H3/t19-,21-,23+,24-,25-,26-,30+,31+,32+,33+/m0/s1. The predicted molar refractivity (Wildman–Crippen MR) is 148 cm³/mol. The third-order valence-corrected chi connectivity index (χ3v) is 12.1. The Hall–Kier alpha value is -0.890. The largest absolute Gasteiger partial charge is 0.345 e. The van der Waals surface area contributed by atoms with Gasteiger partial charge >= 0.3 is 0 Å². The number of allylic oxidation sites excluding steroid dienone is 2. The second-order valence-electron chi connectivity index (χ2n) is 16.2. The van der Waals surface area contributed by atoms with Crippen LogP contribution in [0.25, 0.3) is 0 Å². The summed E-state index contributed by atoms with van der Waals surface area (Å²) in [6.07, 6.45) is 5.95. The molecule has 0 amide bonds. The number of ketones is 1. The minimum Gasteiger partial charge on any atom is -0.345 e. The predicted octanol–water partition coefficient (Wildman–Crippen LogP) is 7.41. The minimum atomic E-state index is -1.60. The second kappa shape index (κ2) is 8.60. The SMILES string of the molecule is CC(C)(F)CC[C@@H]1OC(C)(C)O[C@]1(C)[C@H]1CC[C@@]2(F)C3=CC(=O)[C@@H]4C[C@H]5OC(C)(C)O[C@H]5C[C@]4(C)[C@H]3CC[C@]12C. The van der Waals surface area contributed by atoms with Crippen LogP contribution in [0.1, 0.15) is 114 Å². The Kier molecular flexibility index (Phi) is 6.28. The van der Waals surface area contributed by atoms with Crippen LogP contribution in [0.2, 0.25) is 0 Å². The van der Waals surface area contributed by atoms with Gasteiger partial charge < -0.3 is 18.9 Å². The van der Waals surface area contributed by atoms with E-state index in [1.807, 2.05) is 27.7 Å². The molecular formula is C33H50F2O5. The van der Waals surface area contributed by atoms with Gasteiger partial charge in [-0.05, 0) is 129 Å². The van der Waals surface area contributed by atoms with Gasteiger partial charge in [0.15, 0.2) is 17.4 Å². The Morgan fingerprint density at radius 1 is 0.925 bits per heavy atom. The van der Waals surface area contributed by atoms with E-state index >= 15 is 4.39 Å². The first-order chi connectivity index (χ1) is 18.2. The van der Waals surface area contributed by atoms with Crippen molar-refractivity contribution in [3.63, 3.8) is 0 Å². The molecule has 6 rings (SSSR count). The van der Waals surface area contributed by atoms with Crippen molar-refractivity contribution in [2.24, 2.45) is 28.6 Å². The lowest BCUT2D eigenvalue weighted by molar-refractivity contribution is -0.185. The van der Waals surface area contributed by atoms with E-state index in [0.717, 1.165) is 6.42 Å². The smallest absolute Gasteiger partial charge is 0.164 e. The molecule has 0 unspecified atom stereocenters. The molecule has 2 heterocycles. The number of ether oxygens (including phenoxy) is 4. The molecule has 0 bridgehead atoms. The lowest BCUT2D eigenvalue weighted by Crippen LogP contribution is -2.61. The highest BCUT2D eigenvalue weighted by Gasteiger charge is 2.72. The summed E-state index contributed by atoms with van der Waals surface area (Å²) >= 11 is 0. The Morgan fingerprint density at radius 3 is 2.27 bits per heavy atom. The van der Waals surface area contributed by atoms with Crippen molar-refractivity contribution >= 4 is 5.78 Å². The maximum absolute atomic E-state index is 17.9. The summed E-state index contributed by atoms with van der Waals surface area (Å²) in [6, 6.07) is 0. The summed E-state index contributed by atoms with van der Waals surface area (Å²) in [5, 5.41) is 0. The van der Waals surface area contributed by atoms with Gasteiger partial charge in [-0.1, -0.05) is 13.8 Å². The fraction of sp³-hybridized carbons (Fsp3) is 0.909. The highest BCUT2D eigenvalue weighted by Crippen LogP contribution is 2.71. The van der Waals surface area contributed by atoms with Crippen LogP contribution in [0.15, 0.2) is 11.6 Å². The topological polar surface area (TPSA) is 54.0 Å². The molecule has 0 radical (unpaired) electrons. The molecule has 40 heavy (non-hydrogen) atoms. The molecule has 226 valence electrons. The molecule has 6 aliphatic rings. The molecule has 5 nitrogen and oxygen atoms in total. The summed E-state index contributed by atoms with van der Waals surface area (Å²) in [4.78, 5) is 13.8.